The van der Waals surface area contributed by atoms with Gasteiger partial charge in [-0.25, -0.2) is 9.82 Å². The van der Waals surface area contributed by atoms with Crippen LogP contribution in [0.25, 0.3) is 6.08 Å². The van der Waals surface area contributed by atoms with E-state index in [9.17, 15) is 14.0 Å². The molecule has 146 valence electrons. The molecule has 0 aliphatic rings. The molecule has 0 bridgehead atoms. The number of nitrogens with one attached hydrogen (secondary N) is 2. The first-order chi connectivity index (χ1) is 14.0. The van der Waals surface area contributed by atoms with Crippen LogP contribution < -0.4 is 10.7 Å². The molecule has 0 fully saturated rings. The quantitative estimate of drug-likeness (QED) is 0.365. The van der Waals surface area contributed by atoms with E-state index in [2.05, 4.69) is 15.8 Å². The molecule has 1 heterocycles. The molecule has 1 aromatic heterocycles. The Balaban J connectivity index is 1.83. The number of benzene rings is 2. The largest absolute Gasteiger partial charge is 0.317 e. The van der Waals surface area contributed by atoms with Crippen molar-refractivity contribution in [3.05, 3.63) is 99.6 Å². The van der Waals surface area contributed by atoms with Crippen molar-refractivity contribution in [2.75, 3.05) is 0 Å². The Labute approximate surface area is 171 Å². The Hall–Kier alpha value is -3.58. The van der Waals surface area contributed by atoms with Gasteiger partial charge in [0, 0.05) is 10.4 Å². The molecule has 3 rings (SSSR count). The van der Waals surface area contributed by atoms with E-state index in [1.54, 1.807) is 37.3 Å². The van der Waals surface area contributed by atoms with Gasteiger partial charge in [0.15, 0.2) is 0 Å². The average Bonchev–Trinajstić information content (AvgIpc) is 3.28. The second kappa shape index (κ2) is 9.57. The molecule has 7 heteroatoms. The van der Waals surface area contributed by atoms with E-state index in [4.69, 9.17) is 0 Å². The van der Waals surface area contributed by atoms with Crippen molar-refractivity contribution < 1.29 is 14.0 Å². The van der Waals surface area contributed by atoms with Crippen molar-refractivity contribution in [1.82, 2.24) is 10.7 Å². The number of rotatable bonds is 6. The zero-order valence-corrected chi connectivity index (χ0v) is 16.4. The van der Waals surface area contributed by atoms with E-state index in [-0.39, 0.29) is 5.70 Å². The Morgan fingerprint density at radius 2 is 1.72 bits per heavy atom. The molecule has 2 N–H and O–H groups in total. The average molecular weight is 407 g/mol. The molecule has 0 spiro atoms. The van der Waals surface area contributed by atoms with Gasteiger partial charge < -0.3 is 5.32 Å². The van der Waals surface area contributed by atoms with Gasteiger partial charge in [-0.2, -0.15) is 5.10 Å². The van der Waals surface area contributed by atoms with Crippen molar-refractivity contribution in [3.63, 3.8) is 0 Å². The van der Waals surface area contributed by atoms with Crippen molar-refractivity contribution in [2.45, 2.75) is 6.92 Å². The summed E-state index contributed by atoms with van der Waals surface area (Å²) in [6.45, 7) is 1.78. The minimum Gasteiger partial charge on any atom is -0.317 e. The normalized spacial score (nSPS) is 11.8. The van der Waals surface area contributed by atoms with Gasteiger partial charge in [0.1, 0.15) is 11.5 Å². The van der Waals surface area contributed by atoms with E-state index in [1.807, 2.05) is 17.5 Å². The maximum absolute atomic E-state index is 13.2. The maximum atomic E-state index is 13.2. The Bertz CT molecular complexity index is 1040. The Morgan fingerprint density at radius 3 is 2.38 bits per heavy atom. The predicted octanol–water partition coefficient (Wildman–Crippen LogP) is 4.20. The number of carbonyl (C=O) groups excluding carboxylic acids is 2. The van der Waals surface area contributed by atoms with Gasteiger partial charge in [0.2, 0.25) is 0 Å². The molecule has 3 aromatic rings. The molecule has 2 aromatic carbocycles. The van der Waals surface area contributed by atoms with Gasteiger partial charge in [-0.3, -0.25) is 9.59 Å². The molecular weight excluding hydrogens is 389 g/mol. The summed E-state index contributed by atoms with van der Waals surface area (Å²) in [5, 5.41) is 8.62. The van der Waals surface area contributed by atoms with Gasteiger partial charge in [0.25, 0.3) is 11.8 Å². The minimum atomic E-state index is -0.588. The molecule has 0 atom stereocenters. The van der Waals surface area contributed by atoms with Crippen LogP contribution in [0.4, 0.5) is 4.39 Å². The van der Waals surface area contributed by atoms with E-state index >= 15 is 0 Å². The van der Waals surface area contributed by atoms with Crippen molar-refractivity contribution in [1.29, 1.82) is 0 Å². The van der Waals surface area contributed by atoms with Crippen LogP contribution in [0.1, 0.15) is 27.7 Å². The number of carbonyl (C=O) groups is 2. The number of thiophene rings is 1. The van der Waals surface area contributed by atoms with E-state index in [0.29, 0.717) is 16.8 Å². The third-order valence-electron chi connectivity index (χ3n) is 3.91. The van der Waals surface area contributed by atoms with Crippen LogP contribution in [0.2, 0.25) is 0 Å². The fourth-order valence-corrected chi connectivity index (χ4v) is 3.08. The van der Waals surface area contributed by atoms with E-state index in [1.165, 1.54) is 41.7 Å². The maximum Gasteiger partial charge on any atom is 0.287 e. The SMILES string of the molecule is CC(=NNC(=O)/C(=C\c1ccc(F)cc1)NC(=O)c1ccccc1)c1cccs1. The standard InChI is InChI=1S/C22H18FN3O2S/c1-15(20-8-5-13-29-20)25-26-22(28)19(14-16-9-11-18(23)12-10-16)24-21(27)17-6-3-2-4-7-17/h2-14H,1H3,(H,24,27)(H,26,28)/b19-14+,25-15?. The molecule has 0 saturated heterocycles. The van der Waals surface area contributed by atoms with Gasteiger partial charge in [-0.1, -0.05) is 36.4 Å². The molecular formula is C22H18FN3O2S. The summed E-state index contributed by atoms with van der Waals surface area (Å²) in [5.41, 5.74) is 4.06. The number of hydrazone groups is 1. The number of amides is 2. The molecule has 5 nitrogen and oxygen atoms in total. The Morgan fingerprint density at radius 1 is 1.00 bits per heavy atom. The molecule has 29 heavy (non-hydrogen) atoms. The van der Waals surface area contributed by atoms with E-state index < -0.39 is 17.6 Å². The fraction of sp³-hybridized carbons (Fsp3) is 0.0455. The van der Waals surface area contributed by atoms with Crippen LogP contribution in [0.3, 0.4) is 0 Å². The smallest absolute Gasteiger partial charge is 0.287 e. The molecule has 0 saturated carbocycles. The highest BCUT2D eigenvalue weighted by Crippen LogP contribution is 2.11. The molecule has 2 amide bonds. The lowest BCUT2D eigenvalue weighted by molar-refractivity contribution is -0.117. The summed E-state index contributed by atoms with van der Waals surface area (Å²) in [6, 6.07) is 17.9. The second-order valence-electron chi connectivity index (χ2n) is 6.05. The molecule has 0 radical (unpaired) electrons. The summed E-state index contributed by atoms with van der Waals surface area (Å²) in [6.07, 6.45) is 1.46. The van der Waals surface area contributed by atoms with Crippen molar-refractivity contribution >= 4 is 34.9 Å². The number of nitrogens with zero attached hydrogens (tertiary/aromatic N) is 1. The third kappa shape index (κ3) is 5.70. The number of hydrogen-bond acceptors (Lipinski definition) is 4. The van der Waals surface area contributed by atoms with Crippen molar-refractivity contribution in [3.8, 4) is 0 Å². The minimum absolute atomic E-state index is 0.00630. The monoisotopic (exact) mass is 407 g/mol. The molecule has 0 aliphatic heterocycles. The summed E-state index contributed by atoms with van der Waals surface area (Å²) < 4.78 is 13.2. The first-order valence-corrected chi connectivity index (χ1v) is 9.63. The van der Waals surface area contributed by atoms with Crippen LogP contribution in [-0.2, 0) is 4.79 Å². The first-order valence-electron chi connectivity index (χ1n) is 8.75. The zero-order chi connectivity index (χ0) is 20.6. The summed E-state index contributed by atoms with van der Waals surface area (Å²) >= 11 is 1.50. The topological polar surface area (TPSA) is 70.6 Å². The predicted molar refractivity (Wildman–Crippen MR) is 113 cm³/mol. The van der Waals surface area contributed by atoms with Crippen molar-refractivity contribution in [2.24, 2.45) is 5.10 Å². The van der Waals surface area contributed by atoms with Gasteiger partial charge >= 0.3 is 0 Å². The van der Waals surface area contributed by atoms with Crippen LogP contribution in [0.15, 0.2) is 82.9 Å². The number of halogens is 1. The van der Waals surface area contributed by atoms with Crippen LogP contribution in [0, 0.1) is 5.82 Å². The van der Waals surface area contributed by atoms with Crippen LogP contribution in [0.5, 0.6) is 0 Å². The highest BCUT2D eigenvalue weighted by Gasteiger charge is 2.14. The number of hydrogen-bond donors (Lipinski definition) is 2. The van der Waals surface area contributed by atoms with Gasteiger partial charge in [-0.05, 0) is 54.3 Å². The lowest BCUT2D eigenvalue weighted by Gasteiger charge is -2.09. The molecule has 0 aliphatic carbocycles. The van der Waals surface area contributed by atoms with E-state index in [0.717, 1.165) is 4.88 Å². The second-order valence-corrected chi connectivity index (χ2v) is 6.99. The summed E-state index contributed by atoms with van der Waals surface area (Å²) in [5.74, 6) is -1.42. The Kier molecular flexibility index (Phi) is 6.65. The summed E-state index contributed by atoms with van der Waals surface area (Å²) in [4.78, 5) is 26.1. The lowest BCUT2D eigenvalue weighted by Crippen LogP contribution is -2.33. The third-order valence-corrected chi connectivity index (χ3v) is 4.89. The van der Waals surface area contributed by atoms with Gasteiger partial charge in [-0.15, -0.1) is 11.3 Å². The molecule has 0 unspecified atom stereocenters. The van der Waals surface area contributed by atoms with Crippen LogP contribution >= 0.6 is 11.3 Å². The zero-order valence-electron chi connectivity index (χ0n) is 15.6. The van der Waals surface area contributed by atoms with Gasteiger partial charge in [0.05, 0.1) is 5.71 Å². The highest BCUT2D eigenvalue weighted by molar-refractivity contribution is 7.12. The lowest BCUT2D eigenvalue weighted by atomic mass is 10.1. The fourth-order valence-electron chi connectivity index (χ4n) is 2.40. The highest BCUT2D eigenvalue weighted by atomic mass is 32.1. The summed E-state index contributed by atoms with van der Waals surface area (Å²) in [7, 11) is 0. The van der Waals surface area contributed by atoms with Crippen LogP contribution in [-0.4, -0.2) is 17.5 Å². The first kappa shape index (κ1) is 20.2.